The van der Waals surface area contributed by atoms with Gasteiger partial charge in [0.25, 0.3) is 0 Å². The molecule has 11 nitrogen and oxygen atoms in total. The fourth-order valence-electron chi connectivity index (χ4n) is 7.11. The number of hydrogen-bond acceptors (Lipinski definition) is 7. The molecule has 0 saturated carbocycles. The minimum atomic E-state index is -0.0208. The first-order chi connectivity index (χ1) is 25.0. The third kappa shape index (κ3) is 8.02. The first kappa shape index (κ1) is 40.7. The Hall–Kier alpha value is -3.96. The molecule has 0 amide bonds. The van der Waals surface area contributed by atoms with E-state index in [1.807, 2.05) is 91.0 Å². The van der Waals surface area contributed by atoms with E-state index in [-0.39, 0.29) is 73.5 Å². The van der Waals surface area contributed by atoms with E-state index in [0.29, 0.717) is 45.9 Å². The number of aromatic nitrogens is 8. The summed E-state index contributed by atoms with van der Waals surface area (Å²) < 4.78 is 8.31. The summed E-state index contributed by atoms with van der Waals surface area (Å²) in [4.78, 5) is 40.2. The molecule has 0 N–H and O–H groups in total. The average Bonchev–Trinajstić information content (AvgIpc) is 3.82. The maximum Gasteiger partial charge on any atom is 2.00 e. The van der Waals surface area contributed by atoms with Crippen molar-refractivity contribution in [1.29, 1.82) is 0 Å². The van der Waals surface area contributed by atoms with Crippen LogP contribution in [-0.4, -0.2) is 100 Å². The number of benzene rings is 4. The smallest absolute Gasteiger partial charge is 1.00 e. The van der Waals surface area contributed by atoms with Crippen LogP contribution in [-0.2, 0) is 19.5 Å². The van der Waals surface area contributed by atoms with Gasteiger partial charge in [-0.3, -0.25) is 0 Å². The van der Waals surface area contributed by atoms with E-state index in [4.69, 9.17) is 44.6 Å². The summed E-state index contributed by atoms with van der Waals surface area (Å²) in [6.45, 7) is 1.69. The van der Waals surface area contributed by atoms with Crippen LogP contribution in [0.5, 0.6) is 5.75 Å². The molecule has 14 heteroatoms. The number of nitrogens with zero attached hydrogens (tertiary/aromatic N) is 10. The SMILES string of the molecule is C[N+](C)(C)CC(C[N+](C)(C)C)Oc1ccc2c3nc4nc(nc5[n-]c(nc6nc(nc([n-]3)c2c1)-c1ccccc1-6)c1ccccc51)-c1ccccc1-4.[I-].[I-].[Zn+2]. The van der Waals surface area contributed by atoms with Crippen molar-refractivity contribution in [2.45, 2.75) is 6.10 Å². The van der Waals surface area contributed by atoms with Gasteiger partial charge in [0.05, 0.1) is 65.6 Å². The summed E-state index contributed by atoms with van der Waals surface area (Å²) in [7, 11) is 13.1. The van der Waals surface area contributed by atoms with Gasteiger partial charge in [0, 0.05) is 44.8 Å². The third-order valence-electron chi connectivity index (χ3n) is 9.20. The van der Waals surface area contributed by atoms with Gasteiger partial charge in [-0.2, -0.15) is 0 Å². The van der Waals surface area contributed by atoms with Crippen LogP contribution in [0.25, 0.3) is 89.7 Å². The van der Waals surface area contributed by atoms with Crippen LogP contribution in [0.15, 0.2) is 91.0 Å². The number of halogens is 2. The van der Waals surface area contributed by atoms with E-state index in [9.17, 15) is 0 Å². The normalized spacial score (nSPS) is 12.1. The number of ether oxygens (including phenoxy) is 1. The molecule has 0 aliphatic carbocycles. The van der Waals surface area contributed by atoms with E-state index in [0.717, 1.165) is 71.6 Å². The summed E-state index contributed by atoms with van der Waals surface area (Å²) in [5.74, 6) is 2.86. The van der Waals surface area contributed by atoms with Gasteiger partial charge in [-0.15, -0.1) is 0 Å². The molecule has 274 valence electrons. The molecule has 7 aromatic rings. The van der Waals surface area contributed by atoms with E-state index in [1.54, 1.807) is 0 Å². The zero-order valence-electron chi connectivity index (χ0n) is 31.5. The molecule has 2 aliphatic rings. The summed E-state index contributed by atoms with van der Waals surface area (Å²) >= 11 is 0. The second kappa shape index (κ2) is 15.5. The molecular weight excluding hydrogens is 968 g/mol. The molecule has 9 rings (SSSR count). The fraction of sp³-hybridized carbons (Fsp3) is 0.220. The van der Waals surface area contributed by atoms with E-state index in [1.165, 1.54) is 0 Å². The molecule has 0 radical (unpaired) electrons. The Morgan fingerprint density at radius 1 is 0.473 bits per heavy atom. The molecular formula is C41H38I2N10OZn. The predicted molar refractivity (Wildman–Crippen MR) is 204 cm³/mol. The van der Waals surface area contributed by atoms with E-state index < -0.39 is 0 Å². The summed E-state index contributed by atoms with van der Waals surface area (Å²) in [6.07, 6.45) is -0.0208. The van der Waals surface area contributed by atoms with Gasteiger partial charge >= 0.3 is 19.5 Å². The molecule has 8 bridgehead atoms. The largest absolute Gasteiger partial charge is 2.00 e. The number of fused-ring (bicyclic) bond motifs is 20. The molecule has 0 spiro atoms. The van der Waals surface area contributed by atoms with Gasteiger partial charge in [0.15, 0.2) is 6.10 Å². The molecule has 4 aromatic carbocycles. The van der Waals surface area contributed by atoms with Crippen LogP contribution >= 0.6 is 0 Å². The van der Waals surface area contributed by atoms with Gasteiger partial charge in [-0.1, -0.05) is 72.8 Å². The molecule has 2 aliphatic heterocycles. The average molecular weight is 1010 g/mol. The van der Waals surface area contributed by atoms with Gasteiger partial charge in [-0.25, -0.2) is 9.97 Å². The molecule has 0 fully saturated rings. The van der Waals surface area contributed by atoms with E-state index in [2.05, 4.69) is 42.3 Å². The maximum absolute atomic E-state index is 6.75. The molecule has 0 saturated heterocycles. The van der Waals surface area contributed by atoms with Crippen molar-refractivity contribution in [2.24, 2.45) is 0 Å². The summed E-state index contributed by atoms with van der Waals surface area (Å²) in [5.41, 5.74) is 5.57. The Labute approximate surface area is 366 Å². The van der Waals surface area contributed by atoms with Crippen LogP contribution in [0.4, 0.5) is 0 Å². The Kier molecular flexibility index (Phi) is 11.5. The van der Waals surface area contributed by atoms with Gasteiger partial charge in [0.1, 0.15) is 18.8 Å². The number of hydrogen-bond donors (Lipinski definition) is 0. The van der Waals surface area contributed by atoms with Crippen LogP contribution in [0, 0.1) is 0 Å². The Morgan fingerprint density at radius 3 is 1.20 bits per heavy atom. The molecule has 0 atom stereocenters. The van der Waals surface area contributed by atoms with Crippen molar-refractivity contribution in [3.05, 3.63) is 91.0 Å². The van der Waals surface area contributed by atoms with Gasteiger partial charge < -0.3 is 91.6 Å². The second-order valence-corrected chi connectivity index (χ2v) is 15.5. The van der Waals surface area contributed by atoms with E-state index >= 15 is 0 Å². The number of likely N-dealkylation sites (N-methyl/N-ethyl adjacent to an activating group) is 2. The Morgan fingerprint density at radius 2 is 0.818 bits per heavy atom. The number of quaternary nitrogens is 2. The van der Waals surface area contributed by atoms with Crippen LogP contribution in [0.3, 0.4) is 0 Å². The molecule has 3 aromatic heterocycles. The van der Waals surface area contributed by atoms with Crippen LogP contribution in [0.2, 0.25) is 0 Å². The summed E-state index contributed by atoms with van der Waals surface area (Å²) in [6, 6.07) is 30.0. The zero-order chi connectivity index (χ0) is 35.8. The van der Waals surface area contributed by atoms with Gasteiger partial charge in [-0.05, 0) is 39.7 Å². The van der Waals surface area contributed by atoms with Crippen molar-refractivity contribution < 1.29 is 81.1 Å². The van der Waals surface area contributed by atoms with Crippen molar-refractivity contribution >= 4 is 44.1 Å². The first-order valence-corrected chi connectivity index (χ1v) is 17.4. The second-order valence-electron chi connectivity index (χ2n) is 15.5. The van der Waals surface area contributed by atoms with Crippen molar-refractivity contribution in [1.82, 2.24) is 39.9 Å². The Balaban J connectivity index is 0.00000171. The first-order valence-electron chi connectivity index (χ1n) is 17.4. The monoisotopic (exact) mass is 1000 g/mol. The molecule has 55 heavy (non-hydrogen) atoms. The minimum Gasteiger partial charge on any atom is -1.00 e. The van der Waals surface area contributed by atoms with Crippen LogP contribution < -0.4 is 62.7 Å². The molecule has 5 heterocycles. The maximum atomic E-state index is 6.75. The molecule has 0 unspecified atom stereocenters. The van der Waals surface area contributed by atoms with Crippen LogP contribution in [0.1, 0.15) is 0 Å². The predicted octanol–water partition coefficient (Wildman–Crippen LogP) is 0.293. The summed E-state index contributed by atoms with van der Waals surface area (Å²) in [5, 5.41) is 3.41. The quantitative estimate of drug-likeness (QED) is 0.132. The number of rotatable bonds is 6. The Bertz CT molecular complexity index is 2710. The standard InChI is InChI=1S/C41H38N10O.2HI.Zn/c1-50(2,3)22-25(23-51(4,5)6)52-24-19-20-32-33(21-24)41-48-39-31-18-12-11-17-30(31)37(46-39)44-35-27-14-8-7-13-26(27)34(42-35)43-36-28-15-9-10-16-29(28)38(45-36)47-40(32)49-41;;;/h7-21,25H,22-23H2,1-6H3;2*1H;/q;;;+2/p-2. The third-order valence-corrected chi connectivity index (χ3v) is 9.20. The van der Waals surface area contributed by atoms with Gasteiger partial charge in [0.2, 0.25) is 0 Å². The van der Waals surface area contributed by atoms with Crippen molar-refractivity contribution in [3.8, 4) is 51.3 Å². The van der Waals surface area contributed by atoms with Crippen molar-refractivity contribution in [2.75, 3.05) is 55.4 Å². The fourth-order valence-corrected chi connectivity index (χ4v) is 7.11. The topological polar surface area (TPSA) is 115 Å². The minimum absolute atomic E-state index is 0. The zero-order valence-corrected chi connectivity index (χ0v) is 38.8. The van der Waals surface area contributed by atoms with Crippen molar-refractivity contribution in [3.63, 3.8) is 0 Å².